The molecule has 1 aromatic heterocycles. The Morgan fingerprint density at radius 2 is 1.85 bits per heavy atom. The zero-order chi connectivity index (χ0) is 16.7. The molecule has 0 amide bonds. The van der Waals surface area contributed by atoms with Crippen LogP contribution in [0.2, 0.25) is 5.02 Å². The van der Waals surface area contributed by atoms with Gasteiger partial charge in [-0.3, -0.25) is 4.99 Å². The Balaban J connectivity index is 0.00000121. The first kappa shape index (κ1) is 19.7. The van der Waals surface area contributed by atoms with Crippen molar-refractivity contribution in [3.8, 4) is 5.69 Å². The summed E-state index contributed by atoms with van der Waals surface area (Å²) in [5.41, 5.74) is 4.11. The second-order valence-corrected chi connectivity index (χ2v) is 5.87. The summed E-state index contributed by atoms with van der Waals surface area (Å²) in [4.78, 5) is 15.9. The van der Waals surface area contributed by atoms with Gasteiger partial charge < -0.3 is 10.6 Å². The van der Waals surface area contributed by atoms with Crippen LogP contribution in [0.25, 0.3) is 5.69 Å². The highest BCUT2D eigenvalue weighted by Gasteiger charge is 2.22. The van der Waals surface area contributed by atoms with Crippen molar-refractivity contribution in [1.82, 2.24) is 9.78 Å². The van der Waals surface area contributed by atoms with Crippen molar-refractivity contribution >= 4 is 35.7 Å². The zero-order valence-electron chi connectivity index (χ0n) is 13.4. The molecule has 134 valence electrons. The molecule has 3 aromatic rings. The summed E-state index contributed by atoms with van der Waals surface area (Å²) in [5.74, 6) is -1.06. The predicted molar refractivity (Wildman–Crippen MR) is 102 cm³/mol. The molecular formula is C18H15Cl2N3O3. The summed E-state index contributed by atoms with van der Waals surface area (Å²) in [6.45, 7) is 0.344. The van der Waals surface area contributed by atoms with Crippen molar-refractivity contribution in [2.75, 3.05) is 0 Å². The number of carboxylic acids is 1. The first-order chi connectivity index (χ1) is 11.6. The lowest BCUT2D eigenvalue weighted by atomic mass is 10.0. The summed E-state index contributed by atoms with van der Waals surface area (Å²) in [6.07, 6.45) is 0. The van der Waals surface area contributed by atoms with E-state index < -0.39 is 5.97 Å². The molecule has 0 saturated heterocycles. The summed E-state index contributed by atoms with van der Waals surface area (Å²) >= 11 is 6.19. The molecule has 0 fully saturated rings. The van der Waals surface area contributed by atoms with Crippen LogP contribution in [0.4, 0.5) is 0 Å². The molecule has 1 aliphatic heterocycles. The highest BCUT2D eigenvalue weighted by molar-refractivity contribution is 6.31. The molecular weight excluding hydrogens is 377 g/mol. The van der Waals surface area contributed by atoms with Crippen molar-refractivity contribution in [2.45, 2.75) is 6.54 Å². The number of aromatic carboxylic acids is 1. The minimum absolute atomic E-state index is 0. The number of hydrogen-bond donors (Lipinski definition) is 1. The average molecular weight is 392 g/mol. The fourth-order valence-electron chi connectivity index (χ4n) is 2.82. The van der Waals surface area contributed by atoms with Crippen LogP contribution in [0, 0.1) is 0 Å². The van der Waals surface area contributed by atoms with Gasteiger partial charge in [0.25, 0.3) is 0 Å². The van der Waals surface area contributed by atoms with Crippen molar-refractivity contribution < 1.29 is 15.4 Å². The van der Waals surface area contributed by atoms with E-state index in [1.807, 2.05) is 42.5 Å². The van der Waals surface area contributed by atoms with Crippen LogP contribution < -0.4 is 0 Å². The molecule has 8 heteroatoms. The average Bonchev–Trinajstić information content (AvgIpc) is 2.95. The molecule has 1 aliphatic rings. The van der Waals surface area contributed by atoms with Gasteiger partial charge >= 0.3 is 5.97 Å². The van der Waals surface area contributed by atoms with E-state index in [9.17, 15) is 9.90 Å². The lowest BCUT2D eigenvalue weighted by Crippen LogP contribution is -2.09. The third kappa shape index (κ3) is 3.35. The van der Waals surface area contributed by atoms with Gasteiger partial charge in [0, 0.05) is 16.1 Å². The first-order valence-electron chi connectivity index (χ1n) is 7.36. The molecule has 0 atom stereocenters. The summed E-state index contributed by atoms with van der Waals surface area (Å²) in [7, 11) is 0. The molecule has 0 radical (unpaired) electrons. The van der Waals surface area contributed by atoms with Gasteiger partial charge in [-0.1, -0.05) is 41.9 Å². The normalized spacial score (nSPS) is 11.8. The zero-order valence-corrected chi connectivity index (χ0v) is 15.0. The summed E-state index contributed by atoms with van der Waals surface area (Å²) in [5, 5.41) is 14.0. The van der Waals surface area contributed by atoms with Gasteiger partial charge in [0.15, 0.2) is 5.69 Å². The fraction of sp³-hybridized carbons (Fsp3) is 0.0556. The molecule has 0 saturated carbocycles. The molecule has 3 N–H and O–H groups in total. The molecule has 2 aromatic carbocycles. The highest BCUT2D eigenvalue weighted by atomic mass is 35.5. The Bertz CT molecular complexity index is 985. The van der Waals surface area contributed by atoms with Gasteiger partial charge in [-0.25, -0.2) is 9.48 Å². The molecule has 0 bridgehead atoms. The van der Waals surface area contributed by atoms with Crippen LogP contribution in [0.3, 0.4) is 0 Å². The minimum Gasteiger partial charge on any atom is -0.476 e. The Morgan fingerprint density at radius 1 is 1.12 bits per heavy atom. The Hall–Kier alpha value is -2.67. The Kier molecular flexibility index (Phi) is 5.82. The Morgan fingerprint density at radius 3 is 2.54 bits per heavy atom. The second kappa shape index (κ2) is 7.70. The number of nitrogens with zero attached hydrogens (tertiary/aromatic N) is 3. The van der Waals surface area contributed by atoms with Crippen LogP contribution in [0.5, 0.6) is 0 Å². The topological polar surface area (TPSA) is 99.0 Å². The van der Waals surface area contributed by atoms with E-state index >= 15 is 0 Å². The number of carboxylic acid groups (broad SMARTS) is 1. The van der Waals surface area contributed by atoms with Crippen molar-refractivity contribution in [1.29, 1.82) is 0 Å². The van der Waals surface area contributed by atoms with E-state index in [0.717, 1.165) is 28.2 Å². The van der Waals surface area contributed by atoms with Crippen LogP contribution >= 0.6 is 24.0 Å². The maximum absolute atomic E-state index is 11.2. The van der Waals surface area contributed by atoms with Crippen LogP contribution in [-0.4, -0.2) is 32.0 Å². The van der Waals surface area contributed by atoms with E-state index in [4.69, 9.17) is 16.6 Å². The van der Waals surface area contributed by atoms with Crippen LogP contribution in [0.1, 0.15) is 27.3 Å². The van der Waals surface area contributed by atoms with Gasteiger partial charge in [-0.15, -0.1) is 12.4 Å². The fourth-order valence-corrected chi connectivity index (χ4v) is 2.99. The van der Waals surface area contributed by atoms with E-state index in [-0.39, 0.29) is 23.6 Å². The maximum atomic E-state index is 11.2. The number of rotatable bonds is 2. The van der Waals surface area contributed by atoms with E-state index in [1.54, 1.807) is 16.8 Å². The lowest BCUT2D eigenvalue weighted by molar-refractivity contribution is 0.0690. The highest BCUT2D eigenvalue weighted by Crippen LogP contribution is 2.27. The monoisotopic (exact) mass is 391 g/mol. The molecule has 4 rings (SSSR count). The minimum atomic E-state index is -1.06. The number of halogens is 2. The SMILES string of the molecule is Cl.O.O=C(O)c1cc2n(n1)-c1ccc(Cl)cc1C(c1ccccc1)=NC2. The Labute approximate surface area is 160 Å². The lowest BCUT2D eigenvalue weighted by Gasteiger charge is -2.11. The second-order valence-electron chi connectivity index (χ2n) is 5.43. The standard InChI is InChI=1S/C18H12ClN3O2.ClH.H2O/c19-12-6-7-16-14(8-12)17(11-4-2-1-3-5-11)20-10-13-9-15(18(23)24)21-22(13)16;;/h1-9H,10H2,(H,23,24);1H;1H2. The largest absolute Gasteiger partial charge is 0.476 e. The summed E-state index contributed by atoms with van der Waals surface area (Å²) < 4.78 is 1.63. The first-order valence-corrected chi connectivity index (χ1v) is 7.73. The van der Waals surface area contributed by atoms with Gasteiger partial charge in [0.1, 0.15) is 0 Å². The molecule has 26 heavy (non-hydrogen) atoms. The number of benzene rings is 2. The van der Waals surface area contributed by atoms with Crippen LogP contribution in [0.15, 0.2) is 59.6 Å². The molecule has 0 spiro atoms. The quantitative estimate of drug-likeness (QED) is 0.725. The number of aromatic nitrogens is 2. The van der Waals surface area contributed by atoms with Crippen molar-refractivity contribution in [2.24, 2.45) is 4.99 Å². The van der Waals surface area contributed by atoms with E-state index in [1.165, 1.54) is 0 Å². The van der Waals surface area contributed by atoms with Gasteiger partial charge in [-0.05, 0) is 24.3 Å². The smallest absolute Gasteiger partial charge is 0.356 e. The molecule has 6 nitrogen and oxygen atoms in total. The molecule has 0 unspecified atom stereocenters. The van der Waals surface area contributed by atoms with E-state index in [0.29, 0.717) is 11.6 Å². The molecule has 0 aliphatic carbocycles. The van der Waals surface area contributed by atoms with Gasteiger partial charge in [0.2, 0.25) is 0 Å². The van der Waals surface area contributed by atoms with Crippen molar-refractivity contribution in [3.05, 3.63) is 82.1 Å². The third-order valence-corrected chi connectivity index (χ3v) is 4.13. The number of carbonyl (C=O) groups is 1. The van der Waals surface area contributed by atoms with Crippen LogP contribution in [-0.2, 0) is 6.54 Å². The number of hydrogen-bond acceptors (Lipinski definition) is 3. The van der Waals surface area contributed by atoms with Gasteiger partial charge in [-0.2, -0.15) is 5.10 Å². The predicted octanol–water partition coefficient (Wildman–Crippen LogP) is 3.17. The third-order valence-electron chi connectivity index (χ3n) is 3.89. The number of aliphatic imine (C=N–C) groups is 1. The summed E-state index contributed by atoms with van der Waals surface area (Å²) in [6, 6.07) is 16.8. The van der Waals surface area contributed by atoms with Gasteiger partial charge in [0.05, 0.1) is 23.6 Å². The van der Waals surface area contributed by atoms with Crippen molar-refractivity contribution in [3.63, 3.8) is 0 Å². The number of fused-ring (bicyclic) bond motifs is 3. The maximum Gasteiger partial charge on any atom is 0.356 e. The van der Waals surface area contributed by atoms with E-state index in [2.05, 4.69) is 5.10 Å². The molecule has 2 heterocycles.